The van der Waals surface area contributed by atoms with E-state index in [4.69, 9.17) is 0 Å². The van der Waals surface area contributed by atoms with E-state index in [9.17, 15) is 4.79 Å². The molecule has 2 aromatic carbocycles. The molecule has 21 heavy (non-hydrogen) atoms. The second-order valence-corrected chi connectivity index (χ2v) is 6.48. The van der Waals surface area contributed by atoms with E-state index in [1.54, 1.807) is 11.3 Å². The van der Waals surface area contributed by atoms with Gasteiger partial charge in [0.1, 0.15) is 0 Å². The lowest BCUT2D eigenvalue weighted by molar-refractivity contribution is 0.0949. The molecule has 1 aliphatic rings. The van der Waals surface area contributed by atoms with Crippen LogP contribution in [-0.4, -0.2) is 5.78 Å². The molecule has 0 N–H and O–H groups in total. The van der Waals surface area contributed by atoms with Gasteiger partial charge in [-0.1, -0.05) is 56.8 Å². The van der Waals surface area contributed by atoms with Gasteiger partial charge in [-0.25, -0.2) is 0 Å². The summed E-state index contributed by atoms with van der Waals surface area (Å²) in [6.07, 6.45) is 0.887. The van der Waals surface area contributed by atoms with Crippen molar-refractivity contribution in [3.05, 3.63) is 59.0 Å². The quantitative estimate of drug-likeness (QED) is 0.572. The Balaban J connectivity index is 0.00000132. The minimum atomic E-state index is 0. The monoisotopic (exact) mass is 294 g/mol. The molecule has 1 heterocycles. The predicted octanol–water partition coefficient (Wildman–Crippen LogP) is 5.58. The van der Waals surface area contributed by atoms with E-state index >= 15 is 0 Å². The number of ketones is 1. The minimum absolute atomic E-state index is 0. The summed E-state index contributed by atoms with van der Waals surface area (Å²) in [6, 6.07) is 16.8. The van der Waals surface area contributed by atoms with Crippen molar-refractivity contribution in [3.63, 3.8) is 0 Å². The van der Waals surface area contributed by atoms with Crippen molar-refractivity contribution < 1.29 is 4.79 Å². The molecule has 1 aromatic heterocycles. The fourth-order valence-electron chi connectivity index (χ4n) is 3.09. The molecule has 0 fully saturated rings. The van der Waals surface area contributed by atoms with Gasteiger partial charge in [0, 0.05) is 16.0 Å². The lowest BCUT2D eigenvalue weighted by Gasteiger charge is -2.06. The largest absolute Gasteiger partial charge is 0.293 e. The van der Waals surface area contributed by atoms with Crippen LogP contribution in [0.5, 0.6) is 0 Å². The van der Waals surface area contributed by atoms with Gasteiger partial charge in [-0.2, -0.15) is 0 Å². The van der Waals surface area contributed by atoms with Crippen molar-refractivity contribution in [2.24, 2.45) is 5.92 Å². The van der Waals surface area contributed by atoms with Crippen molar-refractivity contribution >= 4 is 27.2 Å². The number of hydrogen-bond acceptors (Lipinski definition) is 2. The van der Waals surface area contributed by atoms with Crippen molar-refractivity contribution in [2.75, 3.05) is 0 Å². The number of carbonyl (C=O) groups is 1. The van der Waals surface area contributed by atoms with Gasteiger partial charge in [-0.3, -0.25) is 4.79 Å². The highest BCUT2D eigenvalue weighted by molar-refractivity contribution is 7.21. The Kier molecular flexibility index (Phi) is 3.42. The number of thiophene rings is 1. The van der Waals surface area contributed by atoms with Crippen molar-refractivity contribution in [3.8, 4) is 11.1 Å². The van der Waals surface area contributed by atoms with Gasteiger partial charge < -0.3 is 0 Å². The molecule has 0 bridgehead atoms. The van der Waals surface area contributed by atoms with Crippen LogP contribution in [0.15, 0.2) is 48.5 Å². The normalized spacial score (nSPS) is 16.8. The van der Waals surface area contributed by atoms with Crippen LogP contribution >= 0.6 is 11.3 Å². The SMILES string of the molecule is C.CC1Cc2c(sc3cccc(-c4ccccc4)c23)C1=O. The molecular formula is C19H18OS. The molecule has 0 amide bonds. The average Bonchev–Trinajstić information content (AvgIpc) is 2.98. The van der Waals surface area contributed by atoms with Gasteiger partial charge in [0.25, 0.3) is 0 Å². The summed E-state index contributed by atoms with van der Waals surface area (Å²) in [6.45, 7) is 2.03. The van der Waals surface area contributed by atoms with Gasteiger partial charge in [-0.15, -0.1) is 11.3 Å². The van der Waals surface area contributed by atoms with Crippen LogP contribution in [0.3, 0.4) is 0 Å². The van der Waals surface area contributed by atoms with Gasteiger partial charge in [0.15, 0.2) is 5.78 Å². The average molecular weight is 294 g/mol. The maximum Gasteiger partial charge on any atom is 0.176 e. The first-order valence-electron chi connectivity index (χ1n) is 6.89. The Morgan fingerprint density at radius 2 is 1.81 bits per heavy atom. The Hall–Kier alpha value is -1.93. The van der Waals surface area contributed by atoms with Crippen LogP contribution in [0.25, 0.3) is 21.2 Å². The van der Waals surface area contributed by atoms with Gasteiger partial charge in [0.05, 0.1) is 4.88 Å². The number of carbonyl (C=O) groups excluding carboxylic acids is 1. The molecule has 0 saturated carbocycles. The molecule has 1 unspecified atom stereocenters. The number of hydrogen-bond donors (Lipinski definition) is 0. The van der Waals surface area contributed by atoms with Crippen LogP contribution in [0, 0.1) is 5.92 Å². The standard InChI is InChI=1S/C18H14OS.CH4/c1-11-10-14-16-13(12-6-3-2-4-7-12)8-5-9-15(16)20-18(14)17(11)19;/h2-9,11H,10H2,1H3;1H4. The topological polar surface area (TPSA) is 17.1 Å². The van der Waals surface area contributed by atoms with Crippen LogP contribution in [0.4, 0.5) is 0 Å². The summed E-state index contributed by atoms with van der Waals surface area (Å²) in [7, 11) is 0. The summed E-state index contributed by atoms with van der Waals surface area (Å²) in [5.74, 6) is 0.463. The molecule has 1 atom stereocenters. The van der Waals surface area contributed by atoms with Crippen molar-refractivity contribution in [2.45, 2.75) is 20.8 Å². The fraction of sp³-hybridized carbons (Fsp3) is 0.211. The fourth-order valence-corrected chi connectivity index (χ4v) is 4.40. The first-order chi connectivity index (χ1) is 9.75. The summed E-state index contributed by atoms with van der Waals surface area (Å²) in [4.78, 5) is 13.2. The molecule has 1 aliphatic carbocycles. The third kappa shape index (κ3) is 2.02. The number of Topliss-reactive ketones (excluding diaryl/α,β-unsaturated/α-hetero) is 1. The first kappa shape index (κ1) is 14.0. The highest BCUT2D eigenvalue weighted by atomic mass is 32.1. The summed E-state index contributed by atoms with van der Waals surface area (Å²) < 4.78 is 1.23. The summed E-state index contributed by atoms with van der Waals surface area (Å²) in [5.41, 5.74) is 3.75. The molecule has 106 valence electrons. The van der Waals surface area contributed by atoms with Crippen LogP contribution in [0.2, 0.25) is 0 Å². The number of benzene rings is 2. The molecule has 2 heteroatoms. The number of rotatable bonds is 1. The Labute approximate surface area is 129 Å². The molecule has 0 radical (unpaired) electrons. The lowest BCUT2D eigenvalue weighted by Crippen LogP contribution is -2.02. The van der Waals surface area contributed by atoms with E-state index in [2.05, 4.69) is 42.5 Å². The van der Waals surface area contributed by atoms with Gasteiger partial charge >= 0.3 is 0 Å². The predicted molar refractivity (Wildman–Crippen MR) is 91.2 cm³/mol. The van der Waals surface area contributed by atoms with Crippen LogP contribution in [0.1, 0.15) is 29.6 Å². The maximum absolute atomic E-state index is 12.2. The Bertz CT molecular complexity index is 814. The van der Waals surface area contributed by atoms with E-state index in [0.717, 1.165) is 11.3 Å². The molecule has 0 spiro atoms. The van der Waals surface area contributed by atoms with E-state index < -0.39 is 0 Å². The molecule has 1 nitrogen and oxygen atoms in total. The zero-order chi connectivity index (χ0) is 13.7. The second kappa shape index (κ2) is 5.12. The molecule has 4 rings (SSSR count). The lowest BCUT2D eigenvalue weighted by atomic mass is 9.98. The van der Waals surface area contributed by atoms with Gasteiger partial charge in [0.2, 0.25) is 0 Å². The molecule has 3 aromatic rings. The third-order valence-corrected chi connectivity index (χ3v) is 5.29. The van der Waals surface area contributed by atoms with E-state index in [1.165, 1.54) is 26.8 Å². The molecule has 0 saturated heterocycles. The second-order valence-electron chi connectivity index (χ2n) is 5.42. The zero-order valence-corrected chi connectivity index (χ0v) is 12.0. The maximum atomic E-state index is 12.2. The highest BCUT2D eigenvalue weighted by Gasteiger charge is 2.31. The Morgan fingerprint density at radius 3 is 2.57 bits per heavy atom. The van der Waals surface area contributed by atoms with Crippen LogP contribution in [-0.2, 0) is 6.42 Å². The Morgan fingerprint density at radius 1 is 1.05 bits per heavy atom. The van der Waals surface area contributed by atoms with Crippen molar-refractivity contribution in [1.82, 2.24) is 0 Å². The molecular weight excluding hydrogens is 276 g/mol. The summed E-state index contributed by atoms with van der Waals surface area (Å²) in [5, 5.41) is 1.29. The van der Waals surface area contributed by atoms with Crippen LogP contribution < -0.4 is 0 Å². The first-order valence-corrected chi connectivity index (χ1v) is 7.71. The van der Waals surface area contributed by atoms with Crippen molar-refractivity contribution in [1.29, 1.82) is 0 Å². The van der Waals surface area contributed by atoms with E-state index in [0.29, 0.717) is 5.78 Å². The zero-order valence-electron chi connectivity index (χ0n) is 11.2. The van der Waals surface area contributed by atoms with Gasteiger partial charge in [-0.05, 0) is 29.2 Å². The number of fused-ring (bicyclic) bond motifs is 3. The molecule has 0 aliphatic heterocycles. The minimum Gasteiger partial charge on any atom is -0.293 e. The third-order valence-electron chi connectivity index (χ3n) is 4.08. The van der Waals surface area contributed by atoms with E-state index in [1.807, 2.05) is 13.0 Å². The summed E-state index contributed by atoms with van der Waals surface area (Å²) >= 11 is 1.66. The van der Waals surface area contributed by atoms with E-state index in [-0.39, 0.29) is 13.3 Å². The highest BCUT2D eigenvalue weighted by Crippen LogP contribution is 2.43. The smallest absolute Gasteiger partial charge is 0.176 e.